The number of nitrogens with zero attached hydrogens (tertiary/aromatic N) is 1. The first-order valence-electron chi connectivity index (χ1n) is 4.68. The summed E-state index contributed by atoms with van der Waals surface area (Å²) in [6, 6.07) is 0. The molecule has 0 saturated heterocycles. The van der Waals surface area contributed by atoms with Gasteiger partial charge in [-0.05, 0) is 11.6 Å². The van der Waals surface area contributed by atoms with Crippen molar-refractivity contribution >= 4 is 28.0 Å². The van der Waals surface area contributed by atoms with Crippen molar-refractivity contribution in [1.82, 2.24) is 4.90 Å². The molecule has 0 aromatic rings. The predicted octanol–water partition coefficient (Wildman–Crippen LogP) is 1.57. The molecule has 2 atom stereocenters. The zero-order valence-corrected chi connectivity index (χ0v) is 9.61. The molecule has 74 valence electrons. The smallest absolute Gasteiger partial charge is 0.0716 e. The minimum absolute atomic E-state index is 0.236. The van der Waals surface area contributed by atoms with E-state index in [2.05, 4.69) is 40.8 Å². The molecule has 0 aromatic carbocycles. The van der Waals surface area contributed by atoms with Crippen LogP contribution < -0.4 is 0 Å². The van der Waals surface area contributed by atoms with Gasteiger partial charge in [-0.1, -0.05) is 40.7 Å². The summed E-state index contributed by atoms with van der Waals surface area (Å²) in [5.74, 6) is 5.23. The Morgan fingerprint density at radius 3 is 2.00 bits per heavy atom. The molecule has 0 bridgehead atoms. The molecule has 0 fully saturated rings. The molecule has 2 nitrogen and oxygen atoms in total. The molecule has 0 saturated carbocycles. The van der Waals surface area contributed by atoms with Crippen LogP contribution in [0.5, 0.6) is 0 Å². The first-order valence-corrected chi connectivity index (χ1v) is 6.75. The monoisotopic (exact) mass is 225 g/mol. The van der Waals surface area contributed by atoms with Gasteiger partial charge in [-0.2, -0.15) is 0 Å². The third-order valence-corrected chi connectivity index (χ3v) is 4.49. The number of allylic oxidation sites excluding steroid dienone is 2. The van der Waals surface area contributed by atoms with Crippen LogP contribution in [-0.4, -0.2) is 46.3 Å². The van der Waals surface area contributed by atoms with E-state index in [9.17, 15) is 0 Å². The van der Waals surface area contributed by atoms with Gasteiger partial charge in [0.1, 0.15) is 0 Å². The Morgan fingerprint density at radius 2 is 1.64 bits per heavy atom. The highest BCUT2D eigenvalue weighted by molar-refractivity contribution is 7.41. The third kappa shape index (κ3) is 2.21. The molecule has 2 rings (SSSR count). The van der Waals surface area contributed by atoms with E-state index >= 15 is 0 Å². The third-order valence-electron chi connectivity index (χ3n) is 2.25. The largest absolute Gasteiger partial charge is 0.395 e. The van der Waals surface area contributed by atoms with Gasteiger partial charge in [-0.25, -0.2) is 0 Å². The van der Waals surface area contributed by atoms with Crippen LogP contribution in [0.3, 0.4) is 0 Å². The first-order chi connectivity index (χ1) is 6.92. The molecule has 1 N–H and O–H groups in total. The normalized spacial score (nSPS) is 30.7. The Kier molecular flexibility index (Phi) is 3.67. The lowest BCUT2D eigenvalue weighted by Crippen LogP contribution is -2.37. The number of aliphatic hydroxyl groups excluding tert-OH is 1. The quantitative estimate of drug-likeness (QED) is 0.734. The van der Waals surface area contributed by atoms with E-state index in [0.29, 0.717) is 11.6 Å². The van der Waals surface area contributed by atoms with Gasteiger partial charge in [0.25, 0.3) is 0 Å². The zero-order valence-electron chi connectivity index (χ0n) is 7.82. The molecular formula is C10H13NOP2. The summed E-state index contributed by atoms with van der Waals surface area (Å²) in [7, 11) is 2.65. The fourth-order valence-electron chi connectivity index (χ4n) is 1.60. The summed E-state index contributed by atoms with van der Waals surface area (Å²) in [6.45, 7) is 0.991. The summed E-state index contributed by atoms with van der Waals surface area (Å²) in [5.41, 5.74) is 0. The molecular weight excluding hydrogens is 212 g/mol. The average Bonchev–Trinajstić information content (AvgIpc) is 2.87. The number of rotatable bonds is 4. The van der Waals surface area contributed by atoms with Crippen molar-refractivity contribution < 1.29 is 5.11 Å². The van der Waals surface area contributed by atoms with Gasteiger partial charge in [0, 0.05) is 6.54 Å². The Bertz CT molecular complexity index is 257. The van der Waals surface area contributed by atoms with Gasteiger partial charge in [-0.3, -0.25) is 4.90 Å². The van der Waals surface area contributed by atoms with Crippen molar-refractivity contribution in [3.05, 3.63) is 24.3 Å². The van der Waals surface area contributed by atoms with Gasteiger partial charge in [-0.15, -0.1) is 0 Å². The van der Waals surface area contributed by atoms with Crippen LogP contribution in [0, 0.1) is 0 Å². The van der Waals surface area contributed by atoms with Crippen LogP contribution in [0.15, 0.2) is 24.3 Å². The topological polar surface area (TPSA) is 23.5 Å². The first kappa shape index (κ1) is 10.3. The second-order valence-corrected chi connectivity index (χ2v) is 5.41. The van der Waals surface area contributed by atoms with Crippen LogP contribution in [0.4, 0.5) is 0 Å². The van der Waals surface area contributed by atoms with Crippen molar-refractivity contribution in [1.29, 1.82) is 0 Å². The van der Waals surface area contributed by atoms with E-state index < -0.39 is 0 Å². The molecule has 2 aliphatic rings. The number of hydrogen-bond acceptors (Lipinski definition) is 2. The second-order valence-electron chi connectivity index (χ2n) is 3.15. The highest BCUT2D eigenvalue weighted by atomic mass is 31.1. The van der Waals surface area contributed by atoms with Crippen LogP contribution in [0.2, 0.25) is 0 Å². The Labute approximate surface area is 87.5 Å². The van der Waals surface area contributed by atoms with Crippen molar-refractivity contribution in [2.45, 2.75) is 11.6 Å². The van der Waals surface area contributed by atoms with Gasteiger partial charge in [0.15, 0.2) is 0 Å². The molecule has 2 unspecified atom stereocenters. The van der Waals surface area contributed by atoms with Gasteiger partial charge in [0.05, 0.1) is 18.2 Å². The highest BCUT2D eigenvalue weighted by Crippen LogP contribution is 2.28. The van der Waals surface area contributed by atoms with Crippen molar-refractivity contribution in [3.8, 4) is 0 Å². The van der Waals surface area contributed by atoms with Crippen molar-refractivity contribution in [2.24, 2.45) is 0 Å². The van der Waals surface area contributed by atoms with E-state index in [1.807, 2.05) is 0 Å². The number of aliphatic hydroxyl groups is 1. The minimum Gasteiger partial charge on any atom is -0.395 e. The molecule has 0 aliphatic carbocycles. The summed E-state index contributed by atoms with van der Waals surface area (Å²) in [4.78, 5) is 2.35. The van der Waals surface area contributed by atoms with E-state index in [0.717, 1.165) is 6.54 Å². The van der Waals surface area contributed by atoms with E-state index in [1.54, 1.807) is 0 Å². The predicted molar refractivity (Wildman–Crippen MR) is 65.6 cm³/mol. The van der Waals surface area contributed by atoms with E-state index in [4.69, 9.17) is 5.11 Å². The molecule has 0 spiro atoms. The minimum atomic E-state index is 0.236. The number of hydrogen-bond donors (Lipinski definition) is 1. The summed E-state index contributed by atoms with van der Waals surface area (Å²) in [5, 5.41) is 9.04. The Hall–Kier alpha value is -0.260. The summed E-state index contributed by atoms with van der Waals surface area (Å²) < 4.78 is 0. The lowest BCUT2D eigenvalue weighted by molar-refractivity contribution is 0.202. The SMILES string of the molecule is OCCN(C1C=CC=P1)C1C=CC=P1. The second kappa shape index (κ2) is 5.00. The maximum absolute atomic E-state index is 9.04. The molecule has 4 heteroatoms. The average molecular weight is 225 g/mol. The van der Waals surface area contributed by atoms with Crippen LogP contribution >= 0.6 is 16.4 Å². The fraction of sp³-hybridized carbons (Fsp3) is 0.400. The standard InChI is InChI=1S/C10H13NOP2/c12-6-5-11(9-3-1-7-13-9)10-4-2-8-14-10/h1-4,7-10,12H,5-6H2. The maximum atomic E-state index is 9.04. The van der Waals surface area contributed by atoms with Crippen LogP contribution in [-0.2, 0) is 0 Å². The van der Waals surface area contributed by atoms with Crippen LogP contribution in [0.25, 0.3) is 0 Å². The van der Waals surface area contributed by atoms with Gasteiger partial charge >= 0.3 is 0 Å². The van der Waals surface area contributed by atoms with E-state index in [1.165, 1.54) is 16.4 Å². The van der Waals surface area contributed by atoms with E-state index in [-0.39, 0.29) is 6.61 Å². The summed E-state index contributed by atoms with van der Waals surface area (Å²) >= 11 is 0. The highest BCUT2D eigenvalue weighted by Gasteiger charge is 2.22. The maximum Gasteiger partial charge on any atom is 0.0716 e. The molecule has 0 aromatic heterocycles. The van der Waals surface area contributed by atoms with Crippen molar-refractivity contribution in [3.63, 3.8) is 0 Å². The molecule has 2 aliphatic heterocycles. The van der Waals surface area contributed by atoms with Crippen LogP contribution in [0.1, 0.15) is 0 Å². The van der Waals surface area contributed by atoms with Gasteiger partial charge in [0.2, 0.25) is 0 Å². The lowest BCUT2D eigenvalue weighted by Gasteiger charge is -2.28. The lowest BCUT2D eigenvalue weighted by atomic mass is 10.4. The molecule has 0 amide bonds. The fourth-order valence-corrected chi connectivity index (χ4v) is 3.72. The molecule has 0 radical (unpaired) electrons. The summed E-state index contributed by atoms with van der Waals surface area (Å²) in [6.07, 6.45) is 8.63. The molecule has 14 heavy (non-hydrogen) atoms. The zero-order chi connectivity index (χ0) is 9.80. The Morgan fingerprint density at radius 1 is 1.07 bits per heavy atom. The van der Waals surface area contributed by atoms with Gasteiger partial charge < -0.3 is 5.11 Å². The molecule has 2 heterocycles. The van der Waals surface area contributed by atoms with Crippen molar-refractivity contribution in [2.75, 3.05) is 13.2 Å². The Balaban J connectivity index is 2.06.